The largest absolute Gasteiger partial charge is 0.396 e. The van der Waals surface area contributed by atoms with E-state index in [4.69, 9.17) is 5.11 Å². The maximum atomic E-state index is 12.1. The number of aryl methyl sites for hydroxylation is 1. The van der Waals surface area contributed by atoms with Crippen molar-refractivity contribution >= 4 is 5.78 Å². The third kappa shape index (κ3) is 1.77. The zero-order valence-electron chi connectivity index (χ0n) is 10.6. The molecule has 1 aromatic rings. The molecule has 0 aliphatic heterocycles. The van der Waals surface area contributed by atoms with Crippen LogP contribution in [0.3, 0.4) is 0 Å². The smallest absolute Gasteiger partial charge is 0.169 e. The minimum absolute atomic E-state index is 0.0288. The summed E-state index contributed by atoms with van der Waals surface area (Å²) in [5.74, 6) is -0.588. The summed E-state index contributed by atoms with van der Waals surface area (Å²) in [6, 6.07) is 1.80. The van der Waals surface area contributed by atoms with Gasteiger partial charge in [-0.1, -0.05) is 13.0 Å². The Morgan fingerprint density at radius 3 is 2.50 bits per heavy atom. The summed E-state index contributed by atoms with van der Waals surface area (Å²) in [4.78, 5) is 12.1. The maximum absolute atomic E-state index is 12.1. The second-order valence-corrected chi connectivity index (χ2v) is 4.84. The Morgan fingerprint density at radius 2 is 1.94 bits per heavy atom. The summed E-state index contributed by atoms with van der Waals surface area (Å²) in [5, 5.41) is 28.6. The van der Waals surface area contributed by atoms with Gasteiger partial charge in [-0.2, -0.15) is 0 Å². The van der Waals surface area contributed by atoms with Crippen LogP contribution in [0, 0.1) is 12.8 Å². The molecule has 98 valence electrons. The number of carbonyl (C=O) groups is 1. The molecule has 0 spiro atoms. The Balaban J connectivity index is 2.69. The molecule has 0 bridgehead atoms. The highest BCUT2D eigenvalue weighted by Crippen LogP contribution is 2.40. The summed E-state index contributed by atoms with van der Waals surface area (Å²) in [7, 11) is 0. The summed E-state index contributed by atoms with van der Waals surface area (Å²) < 4.78 is 0. The van der Waals surface area contributed by atoms with Gasteiger partial charge in [0.1, 0.15) is 0 Å². The topological polar surface area (TPSA) is 77.8 Å². The molecule has 4 nitrogen and oxygen atoms in total. The van der Waals surface area contributed by atoms with Crippen LogP contribution in [0.25, 0.3) is 0 Å². The van der Waals surface area contributed by atoms with Crippen molar-refractivity contribution in [3.63, 3.8) is 0 Å². The van der Waals surface area contributed by atoms with Crippen molar-refractivity contribution in [3.05, 3.63) is 33.9 Å². The highest BCUT2D eigenvalue weighted by molar-refractivity contribution is 6.04. The number of aliphatic hydroxyl groups excluding tert-OH is 3. The molecule has 0 unspecified atom stereocenters. The first kappa shape index (κ1) is 13.2. The number of ketones is 1. The number of aliphatic hydroxyl groups is 3. The minimum atomic E-state index is -0.792. The second kappa shape index (κ2) is 4.80. The van der Waals surface area contributed by atoms with Crippen LogP contribution in [0.5, 0.6) is 0 Å². The molecule has 1 aliphatic carbocycles. The van der Waals surface area contributed by atoms with Crippen LogP contribution in [-0.4, -0.2) is 27.7 Å². The molecule has 1 aromatic carbocycles. The summed E-state index contributed by atoms with van der Waals surface area (Å²) >= 11 is 0. The molecule has 0 saturated heterocycles. The van der Waals surface area contributed by atoms with Crippen LogP contribution >= 0.6 is 0 Å². The Hall–Kier alpha value is -1.23. The van der Waals surface area contributed by atoms with Crippen molar-refractivity contribution in [2.45, 2.75) is 33.0 Å². The molecule has 4 heteroatoms. The lowest BCUT2D eigenvalue weighted by atomic mass is 9.91. The monoisotopic (exact) mass is 250 g/mol. The van der Waals surface area contributed by atoms with Gasteiger partial charge in [0.15, 0.2) is 5.78 Å². The van der Waals surface area contributed by atoms with E-state index in [9.17, 15) is 15.0 Å². The number of hydrogen-bond acceptors (Lipinski definition) is 4. The van der Waals surface area contributed by atoms with E-state index in [1.54, 1.807) is 13.0 Å². The molecule has 0 amide bonds. The normalized spacial score (nSPS) is 22.4. The van der Waals surface area contributed by atoms with Crippen molar-refractivity contribution in [3.8, 4) is 0 Å². The molecule has 2 atom stereocenters. The van der Waals surface area contributed by atoms with Gasteiger partial charge in [0.25, 0.3) is 0 Å². The minimum Gasteiger partial charge on any atom is -0.396 e. The molecular weight excluding hydrogens is 232 g/mol. The van der Waals surface area contributed by atoms with E-state index in [1.807, 2.05) is 6.92 Å². The van der Waals surface area contributed by atoms with E-state index in [2.05, 4.69) is 0 Å². The lowest BCUT2D eigenvalue weighted by Crippen LogP contribution is -2.10. The lowest BCUT2D eigenvalue weighted by molar-refractivity contribution is 0.0789. The van der Waals surface area contributed by atoms with E-state index in [-0.39, 0.29) is 19.0 Å². The van der Waals surface area contributed by atoms with Gasteiger partial charge in [-0.15, -0.1) is 0 Å². The number of benzene rings is 1. The number of Topliss-reactive ketones (excluding diaryl/α,β-unsaturated/α-hetero) is 1. The first-order valence-electron chi connectivity index (χ1n) is 6.12. The first-order chi connectivity index (χ1) is 8.52. The molecule has 0 saturated carbocycles. The van der Waals surface area contributed by atoms with E-state index in [0.717, 1.165) is 11.1 Å². The van der Waals surface area contributed by atoms with Gasteiger partial charge in [-0.05, 0) is 35.6 Å². The van der Waals surface area contributed by atoms with Crippen LogP contribution in [-0.2, 0) is 13.0 Å². The van der Waals surface area contributed by atoms with Gasteiger partial charge in [0, 0.05) is 18.1 Å². The molecule has 0 radical (unpaired) electrons. The van der Waals surface area contributed by atoms with Crippen LogP contribution in [0.1, 0.15) is 45.6 Å². The van der Waals surface area contributed by atoms with Crippen molar-refractivity contribution in [2.24, 2.45) is 5.92 Å². The Kier molecular flexibility index (Phi) is 3.52. The molecular formula is C14H18O4. The van der Waals surface area contributed by atoms with Gasteiger partial charge in [0.2, 0.25) is 0 Å². The van der Waals surface area contributed by atoms with Crippen molar-refractivity contribution in [1.82, 2.24) is 0 Å². The van der Waals surface area contributed by atoms with Crippen molar-refractivity contribution in [1.29, 1.82) is 0 Å². The highest BCUT2D eigenvalue weighted by atomic mass is 16.3. The predicted octanol–water partition coefficient (Wildman–Crippen LogP) is 0.888. The zero-order valence-corrected chi connectivity index (χ0v) is 10.6. The van der Waals surface area contributed by atoms with E-state index < -0.39 is 12.0 Å². The number of fused-ring (bicyclic) bond motifs is 1. The third-order valence-corrected chi connectivity index (χ3v) is 3.77. The van der Waals surface area contributed by atoms with Gasteiger partial charge >= 0.3 is 0 Å². The van der Waals surface area contributed by atoms with Crippen LogP contribution in [0.4, 0.5) is 0 Å². The average Bonchev–Trinajstić information content (AvgIpc) is 2.56. The molecule has 0 heterocycles. The fourth-order valence-corrected chi connectivity index (χ4v) is 2.75. The standard InChI is InChI=1S/C14H18O4/c1-7-5-10-12(14(18)8(2)13(10)17)11(6-16)9(7)3-4-15/h5,8,13,15-17H,3-4,6H2,1-2H3/t8-,13+/m1/s1. The third-order valence-electron chi connectivity index (χ3n) is 3.77. The first-order valence-corrected chi connectivity index (χ1v) is 6.12. The molecule has 3 N–H and O–H groups in total. The molecule has 0 fully saturated rings. The number of carbonyl (C=O) groups excluding carboxylic acids is 1. The molecule has 1 aliphatic rings. The van der Waals surface area contributed by atoms with E-state index in [0.29, 0.717) is 23.1 Å². The summed E-state index contributed by atoms with van der Waals surface area (Å²) in [5.41, 5.74) is 3.33. The maximum Gasteiger partial charge on any atom is 0.169 e. The quantitative estimate of drug-likeness (QED) is 0.744. The van der Waals surface area contributed by atoms with Crippen LogP contribution in [0.15, 0.2) is 6.07 Å². The van der Waals surface area contributed by atoms with Gasteiger partial charge < -0.3 is 15.3 Å². The predicted molar refractivity (Wildman–Crippen MR) is 66.3 cm³/mol. The average molecular weight is 250 g/mol. The van der Waals surface area contributed by atoms with Crippen LogP contribution < -0.4 is 0 Å². The molecule has 2 rings (SSSR count). The van der Waals surface area contributed by atoms with Crippen molar-refractivity contribution in [2.75, 3.05) is 6.61 Å². The van der Waals surface area contributed by atoms with Gasteiger partial charge in [-0.3, -0.25) is 4.79 Å². The molecule has 0 aromatic heterocycles. The van der Waals surface area contributed by atoms with E-state index >= 15 is 0 Å². The lowest BCUT2D eigenvalue weighted by Gasteiger charge is -2.15. The number of rotatable bonds is 3. The number of hydrogen-bond donors (Lipinski definition) is 3. The molecule has 18 heavy (non-hydrogen) atoms. The van der Waals surface area contributed by atoms with Crippen molar-refractivity contribution < 1.29 is 20.1 Å². The van der Waals surface area contributed by atoms with E-state index in [1.165, 1.54) is 0 Å². The Labute approximate surface area is 106 Å². The highest BCUT2D eigenvalue weighted by Gasteiger charge is 2.38. The second-order valence-electron chi connectivity index (χ2n) is 4.84. The fourth-order valence-electron chi connectivity index (χ4n) is 2.75. The zero-order chi connectivity index (χ0) is 13.4. The van der Waals surface area contributed by atoms with Gasteiger partial charge in [0.05, 0.1) is 12.7 Å². The fraction of sp³-hybridized carbons (Fsp3) is 0.500. The SMILES string of the molecule is Cc1cc2c(c(CO)c1CCO)C(=O)[C@H](C)[C@@H]2O. The Bertz CT molecular complexity index is 493. The Morgan fingerprint density at radius 1 is 1.28 bits per heavy atom. The van der Waals surface area contributed by atoms with Crippen LogP contribution in [0.2, 0.25) is 0 Å². The van der Waals surface area contributed by atoms with Gasteiger partial charge in [-0.25, -0.2) is 0 Å². The summed E-state index contributed by atoms with van der Waals surface area (Å²) in [6.07, 6.45) is -0.382. The summed E-state index contributed by atoms with van der Waals surface area (Å²) in [6.45, 7) is 3.28.